The summed E-state index contributed by atoms with van der Waals surface area (Å²) in [6, 6.07) is 10.0. The van der Waals surface area contributed by atoms with Crippen LogP contribution < -0.4 is 14.8 Å². The number of amides is 1. The van der Waals surface area contributed by atoms with E-state index in [1.54, 1.807) is 0 Å². The first-order valence-electron chi connectivity index (χ1n) is 9.14. The number of nitrogens with zero attached hydrogens (tertiary/aromatic N) is 2. The van der Waals surface area contributed by atoms with Crippen LogP contribution >= 0.6 is 0 Å². The first-order valence-corrected chi connectivity index (χ1v) is 9.14. The molecule has 27 heavy (non-hydrogen) atoms. The number of carbonyl (C=O) groups excluding carboxylic acids is 1. The van der Waals surface area contributed by atoms with Crippen LogP contribution in [0.5, 0.6) is 11.5 Å². The summed E-state index contributed by atoms with van der Waals surface area (Å²) >= 11 is 0. The van der Waals surface area contributed by atoms with Gasteiger partial charge in [0.05, 0.1) is 5.69 Å². The molecule has 3 heterocycles. The molecular formula is C21H23N3O3. The number of aromatic nitrogens is 2. The molecule has 0 saturated carbocycles. The lowest BCUT2D eigenvalue weighted by Crippen LogP contribution is -2.31. The minimum atomic E-state index is -0.143. The zero-order valence-electron chi connectivity index (χ0n) is 15.7. The summed E-state index contributed by atoms with van der Waals surface area (Å²) in [5, 5.41) is 2.99. The number of imidazole rings is 1. The summed E-state index contributed by atoms with van der Waals surface area (Å²) in [6.45, 7) is 6.20. The molecule has 0 aliphatic carbocycles. The normalized spacial score (nSPS) is 13.9. The SMILES string of the molecule is Cc1ccn2c(C(CC(=O)NC(C)C)c3ccc4c(c3)OCO4)cnc2c1. The van der Waals surface area contributed by atoms with Gasteiger partial charge in [0.1, 0.15) is 5.65 Å². The zero-order valence-corrected chi connectivity index (χ0v) is 15.7. The van der Waals surface area contributed by atoms with Crippen molar-refractivity contribution in [2.24, 2.45) is 0 Å². The van der Waals surface area contributed by atoms with Crippen LogP contribution in [0.3, 0.4) is 0 Å². The van der Waals surface area contributed by atoms with Gasteiger partial charge < -0.3 is 19.2 Å². The molecule has 1 aliphatic rings. The predicted molar refractivity (Wildman–Crippen MR) is 102 cm³/mol. The van der Waals surface area contributed by atoms with Crippen LogP contribution in [-0.2, 0) is 4.79 Å². The highest BCUT2D eigenvalue weighted by molar-refractivity contribution is 5.78. The molecule has 1 aliphatic heterocycles. The van der Waals surface area contributed by atoms with Gasteiger partial charge in [0.2, 0.25) is 12.7 Å². The van der Waals surface area contributed by atoms with Crippen LogP contribution in [0.25, 0.3) is 5.65 Å². The third-order valence-electron chi connectivity index (χ3n) is 4.69. The molecular weight excluding hydrogens is 342 g/mol. The average molecular weight is 365 g/mol. The minimum Gasteiger partial charge on any atom is -0.454 e. The second kappa shape index (κ2) is 6.95. The molecule has 3 aromatic rings. The van der Waals surface area contributed by atoms with E-state index in [2.05, 4.69) is 10.3 Å². The van der Waals surface area contributed by atoms with E-state index in [4.69, 9.17) is 9.47 Å². The number of hydrogen-bond donors (Lipinski definition) is 1. The fraction of sp³-hybridized carbons (Fsp3) is 0.333. The van der Waals surface area contributed by atoms with E-state index in [0.717, 1.165) is 28.2 Å². The third-order valence-corrected chi connectivity index (χ3v) is 4.69. The summed E-state index contributed by atoms with van der Waals surface area (Å²) in [7, 11) is 0. The Bertz CT molecular complexity index is 994. The number of fused-ring (bicyclic) bond motifs is 2. The van der Waals surface area contributed by atoms with Gasteiger partial charge in [0, 0.05) is 30.8 Å². The van der Waals surface area contributed by atoms with Gasteiger partial charge >= 0.3 is 0 Å². The van der Waals surface area contributed by atoms with Crippen molar-refractivity contribution in [2.45, 2.75) is 39.2 Å². The first-order chi connectivity index (χ1) is 13.0. The molecule has 0 bridgehead atoms. The van der Waals surface area contributed by atoms with Crippen molar-refractivity contribution in [1.29, 1.82) is 0 Å². The van der Waals surface area contributed by atoms with Crippen molar-refractivity contribution in [2.75, 3.05) is 6.79 Å². The maximum atomic E-state index is 12.6. The second-order valence-corrected chi connectivity index (χ2v) is 7.21. The van der Waals surface area contributed by atoms with E-state index in [-0.39, 0.29) is 24.7 Å². The molecule has 6 heteroatoms. The molecule has 6 nitrogen and oxygen atoms in total. The Hall–Kier alpha value is -3.02. The Morgan fingerprint density at radius 1 is 1.22 bits per heavy atom. The van der Waals surface area contributed by atoms with E-state index in [1.807, 2.05) is 67.9 Å². The third kappa shape index (κ3) is 3.47. The number of rotatable bonds is 5. The lowest BCUT2D eigenvalue weighted by Gasteiger charge is -2.19. The van der Waals surface area contributed by atoms with Crippen LogP contribution in [0.15, 0.2) is 42.7 Å². The lowest BCUT2D eigenvalue weighted by molar-refractivity contribution is -0.121. The Kier molecular flexibility index (Phi) is 4.48. The second-order valence-electron chi connectivity index (χ2n) is 7.21. The molecule has 1 aromatic carbocycles. The fourth-order valence-electron chi connectivity index (χ4n) is 3.45. The van der Waals surface area contributed by atoms with Crippen LogP contribution in [0.1, 0.15) is 43.0 Å². The van der Waals surface area contributed by atoms with E-state index >= 15 is 0 Å². The first kappa shape index (κ1) is 17.4. The smallest absolute Gasteiger partial charge is 0.231 e. The fourth-order valence-corrected chi connectivity index (χ4v) is 3.45. The summed E-state index contributed by atoms with van der Waals surface area (Å²) in [5.74, 6) is 1.31. The van der Waals surface area contributed by atoms with Gasteiger partial charge in [-0.1, -0.05) is 6.07 Å². The van der Waals surface area contributed by atoms with Gasteiger partial charge in [-0.3, -0.25) is 4.79 Å². The molecule has 4 rings (SSSR count). The van der Waals surface area contributed by atoms with Crippen LogP contribution in [0, 0.1) is 6.92 Å². The summed E-state index contributed by atoms with van der Waals surface area (Å²) in [5.41, 5.74) is 4.00. The van der Waals surface area contributed by atoms with Crippen molar-refractivity contribution in [3.8, 4) is 11.5 Å². The van der Waals surface area contributed by atoms with Crippen molar-refractivity contribution in [3.63, 3.8) is 0 Å². The van der Waals surface area contributed by atoms with Crippen molar-refractivity contribution in [3.05, 3.63) is 59.5 Å². The molecule has 0 spiro atoms. The number of pyridine rings is 1. The van der Waals surface area contributed by atoms with E-state index in [0.29, 0.717) is 12.2 Å². The highest BCUT2D eigenvalue weighted by atomic mass is 16.7. The average Bonchev–Trinajstić information content (AvgIpc) is 3.24. The Labute approximate surface area is 158 Å². The molecule has 0 fully saturated rings. The molecule has 140 valence electrons. The molecule has 1 unspecified atom stereocenters. The van der Waals surface area contributed by atoms with Gasteiger partial charge in [0.15, 0.2) is 11.5 Å². The number of aryl methyl sites for hydroxylation is 1. The van der Waals surface area contributed by atoms with Gasteiger partial charge in [-0.2, -0.15) is 0 Å². The molecule has 1 amide bonds. The molecule has 1 atom stereocenters. The van der Waals surface area contributed by atoms with E-state index in [1.165, 1.54) is 0 Å². The van der Waals surface area contributed by atoms with Gasteiger partial charge in [-0.15, -0.1) is 0 Å². The Morgan fingerprint density at radius 3 is 2.85 bits per heavy atom. The lowest BCUT2D eigenvalue weighted by atomic mass is 9.92. The largest absolute Gasteiger partial charge is 0.454 e. The Balaban J connectivity index is 1.76. The molecule has 0 saturated heterocycles. The monoisotopic (exact) mass is 365 g/mol. The summed E-state index contributed by atoms with van der Waals surface area (Å²) < 4.78 is 13.0. The van der Waals surface area contributed by atoms with Crippen molar-refractivity contribution in [1.82, 2.24) is 14.7 Å². The predicted octanol–water partition coefficient (Wildman–Crippen LogP) is 3.42. The van der Waals surface area contributed by atoms with Gasteiger partial charge in [0.25, 0.3) is 0 Å². The molecule has 2 aromatic heterocycles. The van der Waals surface area contributed by atoms with Crippen LogP contribution in [-0.4, -0.2) is 28.1 Å². The maximum absolute atomic E-state index is 12.6. The zero-order chi connectivity index (χ0) is 19.0. The highest BCUT2D eigenvalue weighted by Crippen LogP contribution is 2.37. The van der Waals surface area contributed by atoms with Crippen molar-refractivity contribution < 1.29 is 14.3 Å². The number of ether oxygens (including phenoxy) is 2. The van der Waals surface area contributed by atoms with Crippen LogP contribution in [0.4, 0.5) is 0 Å². The Morgan fingerprint density at radius 2 is 2.04 bits per heavy atom. The number of carbonyl (C=O) groups is 1. The number of hydrogen-bond acceptors (Lipinski definition) is 4. The number of benzene rings is 1. The summed E-state index contributed by atoms with van der Waals surface area (Å²) in [4.78, 5) is 17.1. The minimum absolute atomic E-state index is 0.00901. The van der Waals surface area contributed by atoms with E-state index < -0.39 is 0 Å². The maximum Gasteiger partial charge on any atom is 0.231 e. The van der Waals surface area contributed by atoms with Gasteiger partial charge in [-0.25, -0.2) is 4.98 Å². The van der Waals surface area contributed by atoms with Gasteiger partial charge in [-0.05, 0) is 56.2 Å². The summed E-state index contributed by atoms with van der Waals surface area (Å²) in [6.07, 6.45) is 4.19. The highest BCUT2D eigenvalue weighted by Gasteiger charge is 2.24. The molecule has 1 N–H and O–H groups in total. The van der Waals surface area contributed by atoms with Crippen molar-refractivity contribution >= 4 is 11.6 Å². The topological polar surface area (TPSA) is 64.9 Å². The quantitative estimate of drug-likeness (QED) is 0.752. The number of nitrogens with one attached hydrogen (secondary N) is 1. The van der Waals surface area contributed by atoms with E-state index in [9.17, 15) is 4.79 Å². The van der Waals surface area contributed by atoms with Crippen LogP contribution in [0.2, 0.25) is 0 Å². The standard InChI is InChI=1S/C21H23N3O3/c1-13(2)23-21(25)10-16(15-4-5-18-19(9-15)27-12-26-18)17-11-22-20-8-14(3)6-7-24(17)20/h4-9,11,13,16H,10,12H2,1-3H3,(H,23,25). The molecule has 0 radical (unpaired) electrons.